The third-order valence-corrected chi connectivity index (χ3v) is 4.25. The van der Waals surface area contributed by atoms with Crippen LogP contribution in [-0.2, 0) is 17.6 Å². The first-order chi connectivity index (χ1) is 11.1. The van der Waals surface area contributed by atoms with E-state index in [0.717, 1.165) is 36.8 Å². The minimum atomic E-state index is -0.604. The van der Waals surface area contributed by atoms with Gasteiger partial charge in [-0.25, -0.2) is 9.18 Å². The van der Waals surface area contributed by atoms with Gasteiger partial charge in [-0.15, -0.1) is 0 Å². The van der Waals surface area contributed by atoms with Gasteiger partial charge in [-0.05, 0) is 55.0 Å². The van der Waals surface area contributed by atoms with Crippen molar-refractivity contribution in [3.8, 4) is 0 Å². The van der Waals surface area contributed by atoms with Gasteiger partial charge < -0.3 is 4.74 Å². The molecular formula is C19H17FO3. The monoisotopic (exact) mass is 312 g/mol. The van der Waals surface area contributed by atoms with Gasteiger partial charge in [0.15, 0.2) is 5.78 Å². The molecule has 2 aromatic carbocycles. The summed E-state index contributed by atoms with van der Waals surface area (Å²) in [5, 5.41) is 0. The number of fused-ring (bicyclic) bond motifs is 1. The van der Waals surface area contributed by atoms with Gasteiger partial charge in [0.1, 0.15) is 5.82 Å². The van der Waals surface area contributed by atoms with Crippen molar-refractivity contribution < 1.29 is 18.7 Å². The summed E-state index contributed by atoms with van der Waals surface area (Å²) in [6.07, 6.45) is 3.80. The number of ketones is 1. The number of carbonyl (C=O) groups excluding carboxylic acids is 2. The quantitative estimate of drug-likeness (QED) is 0.641. The fourth-order valence-corrected chi connectivity index (χ4v) is 3.04. The molecule has 3 nitrogen and oxygen atoms in total. The number of ether oxygens (including phenoxy) is 1. The summed E-state index contributed by atoms with van der Waals surface area (Å²) in [6.45, 7) is 0. The van der Waals surface area contributed by atoms with Crippen molar-refractivity contribution in [1.82, 2.24) is 0 Å². The van der Waals surface area contributed by atoms with Crippen LogP contribution in [0.5, 0.6) is 0 Å². The van der Waals surface area contributed by atoms with Crippen LogP contribution < -0.4 is 0 Å². The third kappa shape index (κ3) is 2.89. The number of benzene rings is 2. The van der Waals surface area contributed by atoms with E-state index in [4.69, 9.17) is 4.74 Å². The van der Waals surface area contributed by atoms with Crippen LogP contribution in [0.15, 0.2) is 36.4 Å². The standard InChI is InChI=1S/C19H17FO3/c1-23-19(22)15-9-5-4-8-14(15)18(21)16-10-12-6-2-3-7-13(12)11-17(16)20/h4-5,8-11H,2-3,6-7H2,1H3. The molecule has 0 spiro atoms. The summed E-state index contributed by atoms with van der Waals surface area (Å²) in [5.41, 5.74) is 2.33. The van der Waals surface area contributed by atoms with E-state index in [1.165, 1.54) is 25.3 Å². The van der Waals surface area contributed by atoms with Crippen LogP contribution in [0.25, 0.3) is 0 Å². The molecule has 0 aliphatic heterocycles. The van der Waals surface area contributed by atoms with E-state index in [2.05, 4.69) is 0 Å². The Morgan fingerprint density at radius 3 is 2.22 bits per heavy atom. The largest absolute Gasteiger partial charge is 0.465 e. The highest BCUT2D eigenvalue weighted by Crippen LogP contribution is 2.26. The molecular weight excluding hydrogens is 295 g/mol. The molecule has 1 aliphatic carbocycles. The fourth-order valence-electron chi connectivity index (χ4n) is 3.04. The molecule has 0 radical (unpaired) electrons. The maximum atomic E-state index is 14.4. The molecule has 0 saturated carbocycles. The molecule has 1 aliphatic rings. The van der Waals surface area contributed by atoms with E-state index in [1.54, 1.807) is 18.2 Å². The highest BCUT2D eigenvalue weighted by atomic mass is 19.1. The van der Waals surface area contributed by atoms with Crippen molar-refractivity contribution in [2.45, 2.75) is 25.7 Å². The smallest absolute Gasteiger partial charge is 0.338 e. The van der Waals surface area contributed by atoms with Crippen LogP contribution >= 0.6 is 0 Å². The number of carbonyl (C=O) groups is 2. The lowest BCUT2D eigenvalue weighted by atomic mass is 9.88. The van der Waals surface area contributed by atoms with Gasteiger partial charge in [0.2, 0.25) is 0 Å². The lowest BCUT2D eigenvalue weighted by Gasteiger charge is -2.17. The number of hydrogen-bond acceptors (Lipinski definition) is 3. The van der Waals surface area contributed by atoms with E-state index in [-0.39, 0.29) is 16.7 Å². The number of hydrogen-bond donors (Lipinski definition) is 0. The maximum absolute atomic E-state index is 14.4. The van der Waals surface area contributed by atoms with E-state index < -0.39 is 17.6 Å². The van der Waals surface area contributed by atoms with Crippen LogP contribution in [0.2, 0.25) is 0 Å². The molecule has 0 heterocycles. The molecule has 0 N–H and O–H groups in total. The molecule has 118 valence electrons. The van der Waals surface area contributed by atoms with Crippen molar-refractivity contribution in [2.75, 3.05) is 7.11 Å². The van der Waals surface area contributed by atoms with Crippen molar-refractivity contribution in [1.29, 1.82) is 0 Å². The second-order valence-corrected chi connectivity index (χ2v) is 5.67. The van der Waals surface area contributed by atoms with Crippen molar-refractivity contribution >= 4 is 11.8 Å². The Morgan fingerprint density at radius 1 is 0.957 bits per heavy atom. The highest BCUT2D eigenvalue weighted by Gasteiger charge is 2.23. The van der Waals surface area contributed by atoms with Crippen molar-refractivity contribution in [3.63, 3.8) is 0 Å². The van der Waals surface area contributed by atoms with E-state index in [0.29, 0.717) is 0 Å². The Hall–Kier alpha value is -2.49. The van der Waals surface area contributed by atoms with Gasteiger partial charge in [-0.3, -0.25) is 4.79 Å². The molecule has 0 fully saturated rings. The lowest BCUT2D eigenvalue weighted by Crippen LogP contribution is -2.14. The molecule has 0 amide bonds. The predicted molar refractivity (Wildman–Crippen MR) is 84.3 cm³/mol. The average Bonchev–Trinajstić information content (AvgIpc) is 2.59. The van der Waals surface area contributed by atoms with Crippen LogP contribution in [0.1, 0.15) is 50.2 Å². The minimum Gasteiger partial charge on any atom is -0.465 e. The number of halogens is 1. The van der Waals surface area contributed by atoms with Crippen molar-refractivity contribution in [3.05, 3.63) is 70.0 Å². The van der Waals surface area contributed by atoms with Crippen LogP contribution in [-0.4, -0.2) is 18.9 Å². The molecule has 0 aromatic heterocycles. The Labute approximate surface area is 134 Å². The summed E-state index contributed by atoms with van der Waals surface area (Å²) in [4.78, 5) is 24.6. The summed E-state index contributed by atoms with van der Waals surface area (Å²) in [6, 6.07) is 9.42. The fraction of sp³-hybridized carbons (Fsp3) is 0.263. The Balaban J connectivity index is 2.06. The molecule has 4 heteroatoms. The third-order valence-electron chi connectivity index (χ3n) is 4.25. The number of rotatable bonds is 3. The number of methoxy groups -OCH3 is 1. The highest BCUT2D eigenvalue weighted by molar-refractivity contribution is 6.14. The Bertz CT molecular complexity index is 780. The summed E-state index contributed by atoms with van der Waals surface area (Å²) < 4.78 is 19.1. The lowest BCUT2D eigenvalue weighted by molar-refractivity contribution is 0.0597. The first-order valence-electron chi connectivity index (χ1n) is 7.65. The molecule has 23 heavy (non-hydrogen) atoms. The molecule has 2 aromatic rings. The van der Waals surface area contributed by atoms with Gasteiger partial charge in [0.25, 0.3) is 0 Å². The number of esters is 1. The SMILES string of the molecule is COC(=O)c1ccccc1C(=O)c1cc2c(cc1F)CCCC2. The molecule has 0 bridgehead atoms. The van der Waals surface area contributed by atoms with Gasteiger partial charge in [-0.1, -0.05) is 18.2 Å². The first-order valence-corrected chi connectivity index (χ1v) is 7.65. The van der Waals surface area contributed by atoms with Crippen LogP contribution in [0.3, 0.4) is 0 Å². The predicted octanol–water partition coefficient (Wildman–Crippen LogP) is 3.72. The minimum absolute atomic E-state index is 0.0157. The molecule has 0 saturated heterocycles. The summed E-state index contributed by atoms with van der Waals surface area (Å²) >= 11 is 0. The van der Waals surface area contributed by atoms with Crippen LogP contribution in [0.4, 0.5) is 4.39 Å². The summed E-state index contributed by atoms with van der Waals surface area (Å²) in [5.74, 6) is -1.63. The van der Waals surface area contributed by atoms with E-state index in [9.17, 15) is 14.0 Å². The molecule has 0 unspecified atom stereocenters. The number of aryl methyl sites for hydroxylation is 2. The van der Waals surface area contributed by atoms with Gasteiger partial charge in [0.05, 0.1) is 18.2 Å². The Kier molecular flexibility index (Phi) is 4.24. The average molecular weight is 312 g/mol. The van der Waals surface area contributed by atoms with E-state index in [1.807, 2.05) is 0 Å². The van der Waals surface area contributed by atoms with Crippen molar-refractivity contribution in [2.24, 2.45) is 0 Å². The topological polar surface area (TPSA) is 43.4 Å². The van der Waals surface area contributed by atoms with E-state index >= 15 is 0 Å². The normalized spacial score (nSPS) is 13.3. The zero-order chi connectivity index (χ0) is 16.4. The van der Waals surface area contributed by atoms with Gasteiger partial charge in [0, 0.05) is 5.56 Å². The second kappa shape index (κ2) is 6.32. The second-order valence-electron chi connectivity index (χ2n) is 5.67. The van der Waals surface area contributed by atoms with Gasteiger partial charge >= 0.3 is 5.97 Å². The van der Waals surface area contributed by atoms with Crippen LogP contribution in [0, 0.1) is 5.82 Å². The summed E-state index contributed by atoms with van der Waals surface area (Å²) in [7, 11) is 1.25. The molecule has 3 rings (SSSR count). The molecule has 0 atom stereocenters. The van der Waals surface area contributed by atoms with Gasteiger partial charge in [-0.2, -0.15) is 0 Å². The Morgan fingerprint density at radius 2 is 1.57 bits per heavy atom. The zero-order valence-electron chi connectivity index (χ0n) is 12.9. The maximum Gasteiger partial charge on any atom is 0.338 e. The zero-order valence-corrected chi connectivity index (χ0v) is 12.9. The first kappa shape index (κ1) is 15.4.